The fourth-order valence-corrected chi connectivity index (χ4v) is 2.20. The molecule has 0 amide bonds. The molecule has 1 atom stereocenters. The first kappa shape index (κ1) is 12.0. The van der Waals surface area contributed by atoms with Crippen molar-refractivity contribution in [2.45, 2.75) is 31.6 Å². The highest BCUT2D eigenvalue weighted by atomic mass is 16.5. The highest BCUT2D eigenvalue weighted by Gasteiger charge is 2.27. The number of rotatable bonds is 6. The van der Waals surface area contributed by atoms with Gasteiger partial charge in [-0.25, -0.2) is 0 Å². The number of carboxylic acid groups (broad SMARTS) is 1. The third-order valence-electron chi connectivity index (χ3n) is 3.30. The van der Waals surface area contributed by atoms with Gasteiger partial charge in [0.05, 0.1) is 13.5 Å². The van der Waals surface area contributed by atoms with Gasteiger partial charge in [-0.05, 0) is 36.0 Å². The third-order valence-corrected chi connectivity index (χ3v) is 3.30. The second-order valence-electron chi connectivity index (χ2n) is 4.75. The molecule has 0 heterocycles. The Morgan fingerprint density at radius 1 is 1.53 bits per heavy atom. The molecule has 0 saturated heterocycles. The van der Waals surface area contributed by atoms with Gasteiger partial charge in [-0.3, -0.25) is 4.79 Å². The SMILES string of the molecule is COc1cccc([C@H](CC(=O)O)CC2CC2)c1. The fraction of sp³-hybridized carbons (Fsp3) is 0.500. The van der Waals surface area contributed by atoms with Crippen LogP contribution in [0, 0.1) is 5.92 Å². The molecule has 3 heteroatoms. The molecule has 17 heavy (non-hydrogen) atoms. The van der Waals surface area contributed by atoms with E-state index in [2.05, 4.69) is 0 Å². The van der Waals surface area contributed by atoms with Crippen molar-refractivity contribution in [1.29, 1.82) is 0 Å². The minimum Gasteiger partial charge on any atom is -0.497 e. The standard InChI is InChI=1S/C14H18O3/c1-17-13-4-2-3-11(8-13)12(9-14(15)16)7-10-5-6-10/h2-4,8,10,12H,5-7,9H2,1H3,(H,15,16)/t12-/m0/s1. The molecular weight excluding hydrogens is 216 g/mol. The molecule has 92 valence electrons. The molecule has 1 aromatic rings. The first-order valence-electron chi connectivity index (χ1n) is 6.04. The summed E-state index contributed by atoms with van der Waals surface area (Å²) in [6, 6.07) is 7.77. The van der Waals surface area contributed by atoms with Gasteiger partial charge >= 0.3 is 5.97 Å². The van der Waals surface area contributed by atoms with E-state index in [4.69, 9.17) is 9.84 Å². The fourth-order valence-electron chi connectivity index (χ4n) is 2.20. The van der Waals surface area contributed by atoms with E-state index in [1.807, 2.05) is 24.3 Å². The lowest BCUT2D eigenvalue weighted by Gasteiger charge is -2.15. The van der Waals surface area contributed by atoms with Crippen LogP contribution in [0.3, 0.4) is 0 Å². The lowest BCUT2D eigenvalue weighted by atomic mass is 9.90. The van der Waals surface area contributed by atoms with Crippen molar-refractivity contribution in [3.05, 3.63) is 29.8 Å². The topological polar surface area (TPSA) is 46.5 Å². The molecule has 1 aromatic carbocycles. The normalized spacial score (nSPS) is 16.5. The Hall–Kier alpha value is -1.51. The van der Waals surface area contributed by atoms with Crippen LogP contribution in [0.5, 0.6) is 5.75 Å². The number of benzene rings is 1. The van der Waals surface area contributed by atoms with Gasteiger partial charge in [0.1, 0.15) is 5.75 Å². The van der Waals surface area contributed by atoms with Crippen LogP contribution in [0.1, 0.15) is 37.2 Å². The molecule has 1 N–H and O–H groups in total. The molecule has 1 fully saturated rings. The maximum absolute atomic E-state index is 10.9. The van der Waals surface area contributed by atoms with Gasteiger partial charge in [0.25, 0.3) is 0 Å². The highest BCUT2D eigenvalue weighted by molar-refractivity contribution is 5.68. The first-order valence-corrected chi connectivity index (χ1v) is 6.04. The Morgan fingerprint density at radius 3 is 2.88 bits per heavy atom. The summed E-state index contributed by atoms with van der Waals surface area (Å²) in [4.78, 5) is 10.9. The van der Waals surface area contributed by atoms with Crippen LogP contribution in [0.2, 0.25) is 0 Å². The lowest BCUT2D eigenvalue weighted by molar-refractivity contribution is -0.137. The summed E-state index contributed by atoms with van der Waals surface area (Å²) in [5.41, 5.74) is 1.08. The summed E-state index contributed by atoms with van der Waals surface area (Å²) in [5.74, 6) is 0.924. The van der Waals surface area contributed by atoms with E-state index < -0.39 is 5.97 Å². The Kier molecular flexibility index (Phi) is 3.67. The zero-order valence-electron chi connectivity index (χ0n) is 10.1. The average molecular weight is 234 g/mol. The van der Waals surface area contributed by atoms with Gasteiger partial charge in [-0.2, -0.15) is 0 Å². The summed E-state index contributed by atoms with van der Waals surface area (Å²) >= 11 is 0. The molecule has 3 nitrogen and oxygen atoms in total. The molecule has 0 bridgehead atoms. The van der Waals surface area contributed by atoms with E-state index in [1.54, 1.807) is 7.11 Å². The number of hydrogen-bond acceptors (Lipinski definition) is 2. The van der Waals surface area contributed by atoms with E-state index in [1.165, 1.54) is 12.8 Å². The second-order valence-corrected chi connectivity index (χ2v) is 4.75. The van der Waals surface area contributed by atoms with Gasteiger partial charge < -0.3 is 9.84 Å². The van der Waals surface area contributed by atoms with Crippen LogP contribution in [0.25, 0.3) is 0 Å². The Balaban J connectivity index is 2.13. The molecule has 0 spiro atoms. The molecule has 1 saturated carbocycles. The Morgan fingerprint density at radius 2 is 2.29 bits per heavy atom. The van der Waals surface area contributed by atoms with Gasteiger partial charge in [-0.15, -0.1) is 0 Å². The summed E-state index contributed by atoms with van der Waals surface area (Å²) in [7, 11) is 1.63. The number of aliphatic carboxylic acids is 1. The van der Waals surface area contributed by atoms with Crippen LogP contribution in [0.4, 0.5) is 0 Å². The van der Waals surface area contributed by atoms with Crippen molar-refractivity contribution < 1.29 is 14.6 Å². The number of methoxy groups -OCH3 is 1. The largest absolute Gasteiger partial charge is 0.497 e. The predicted molar refractivity (Wildman–Crippen MR) is 65.3 cm³/mol. The van der Waals surface area contributed by atoms with Crippen LogP contribution in [0.15, 0.2) is 24.3 Å². The minimum atomic E-state index is -0.724. The van der Waals surface area contributed by atoms with Crippen molar-refractivity contribution in [3.63, 3.8) is 0 Å². The summed E-state index contributed by atoms with van der Waals surface area (Å²) < 4.78 is 5.18. The molecular formula is C14H18O3. The zero-order valence-corrected chi connectivity index (χ0v) is 10.1. The summed E-state index contributed by atoms with van der Waals surface area (Å²) in [6.45, 7) is 0. The van der Waals surface area contributed by atoms with E-state index in [0.717, 1.165) is 23.7 Å². The van der Waals surface area contributed by atoms with Crippen LogP contribution in [-0.2, 0) is 4.79 Å². The highest BCUT2D eigenvalue weighted by Crippen LogP contribution is 2.40. The number of hydrogen-bond donors (Lipinski definition) is 1. The number of carbonyl (C=O) groups is 1. The van der Waals surface area contributed by atoms with Gasteiger partial charge in [-0.1, -0.05) is 25.0 Å². The van der Waals surface area contributed by atoms with Gasteiger partial charge in [0, 0.05) is 0 Å². The van der Waals surface area contributed by atoms with Crippen molar-refractivity contribution in [2.24, 2.45) is 5.92 Å². The van der Waals surface area contributed by atoms with E-state index in [-0.39, 0.29) is 12.3 Å². The van der Waals surface area contributed by atoms with Crippen molar-refractivity contribution in [3.8, 4) is 5.75 Å². The number of carboxylic acids is 1. The molecule has 1 aliphatic carbocycles. The van der Waals surface area contributed by atoms with Gasteiger partial charge in [0.15, 0.2) is 0 Å². The van der Waals surface area contributed by atoms with Crippen molar-refractivity contribution in [2.75, 3.05) is 7.11 Å². The Bertz CT molecular complexity index is 396. The minimum absolute atomic E-state index is 0.120. The van der Waals surface area contributed by atoms with Crippen LogP contribution in [-0.4, -0.2) is 18.2 Å². The summed E-state index contributed by atoms with van der Waals surface area (Å²) in [6.07, 6.45) is 3.70. The maximum Gasteiger partial charge on any atom is 0.303 e. The maximum atomic E-state index is 10.9. The number of ether oxygens (including phenoxy) is 1. The van der Waals surface area contributed by atoms with Crippen molar-refractivity contribution in [1.82, 2.24) is 0 Å². The van der Waals surface area contributed by atoms with Crippen LogP contribution < -0.4 is 4.74 Å². The van der Waals surface area contributed by atoms with Gasteiger partial charge in [0.2, 0.25) is 0 Å². The quantitative estimate of drug-likeness (QED) is 0.822. The average Bonchev–Trinajstić information content (AvgIpc) is 3.12. The molecule has 0 radical (unpaired) electrons. The molecule has 0 aromatic heterocycles. The van der Waals surface area contributed by atoms with Crippen molar-refractivity contribution >= 4 is 5.97 Å². The smallest absolute Gasteiger partial charge is 0.303 e. The first-order chi connectivity index (χ1) is 8.19. The molecule has 0 aliphatic heterocycles. The Labute approximate surface area is 101 Å². The third kappa shape index (κ3) is 3.48. The predicted octanol–water partition coefficient (Wildman–Crippen LogP) is 3.05. The second kappa shape index (κ2) is 5.21. The summed E-state index contributed by atoms with van der Waals surface area (Å²) in [5, 5.41) is 8.97. The molecule has 2 rings (SSSR count). The van der Waals surface area contributed by atoms with E-state index >= 15 is 0 Å². The monoisotopic (exact) mass is 234 g/mol. The zero-order chi connectivity index (χ0) is 12.3. The van der Waals surface area contributed by atoms with E-state index in [9.17, 15) is 4.79 Å². The molecule has 0 unspecified atom stereocenters. The lowest BCUT2D eigenvalue weighted by Crippen LogP contribution is -2.07. The van der Waals surface area contributed by atoms with Crippen LogP contribution >= 0.6 is 0 Å². The molecule has 1 aliphatic rings. The van der Waals surface area contributed by atoms with E-state index in [0.29, 0.717) is 0 Å².